The summed E-state index contributed by atoms with van der Waals surface area (Å²) in [6.07, 6.45) is 0.621. The second-order valence-electron chi connectivity index (χ2n) is 5.82. The van der Waals surface area contributed by atoms with Crippen molar-refractivity contribution in [3.05, 3.63) is 41.1 Å². The van der Waals surface area contributed by atoms with Crippen LogP contribution in [0.2, 0.25) is 0 Å². The van der Waals surface area contributed by atoms with Gasteiger partial charge in [-0.2, -0.15) is 0 Å². The molecule has 1 unspecified atom stereocenters. The molecule has 2 heterocycles. The summed E-state index contributed by atoms with van der Waals surface area (Å²) in [6, 6.07) is 7.76. The summed E-state index contributed by atoms with van der Waals surface area (Å²) in [5, 5.41) is 3.19. The molecule has 0 amide bonds. The summed E-state index contributed by atoms with van der Waals surface area (Å²) in [4.78, 5) is 24.5. The van der Waals surface area contributed by atoms with Gasteiger partial charge in [0.25, 0.3) is 0 Å². The average Bonchev–Trinajstić information content (AvgIpc) is 2.58. The van der Waals surface area contributed by atoms with Gasteiger partial charge < -0.3 is 14.8 Å². The molecular weight excluding hydrogens is 294 g/mol. The highest BCUT2D eigenvalue weighted by atomic mass is 16.7. The first-order chi connectivity index (χ1) is 11.2. The smallest absolute Gasteiger partial charge is 0.311 e. The van der Waals surface area contributed by atoms with E-state index < -0.39 is 6.29 Å². The first kappa shape index (κ1) is 15.7. The van der Waals surface area contributed by atoms with E-state index in [2.05, 4.69) is 5.32 Å². The first-order valence-corrected chi connectivity index (χ1v) is 8.07. The number of carbonyl (C=O) groups is 2. The molecule has 1 aromatic carbocycles. The van der Waals surface area contributed by atoms with Gasteiger partial charge in [-0.25, -0.2) is 0 Å². The van der Waals surface area contributed by atoms with Crippen molar-refractivity contribution < 1.29 is 19.1 Å². The lowest BCUT2D eigenvalue weighted by Crippen LogP contribution is -2.41. The lowest BCUT2D eigenvalue weighted by molar-refractivity contribution is -0.179. The number of ketones is 1. The Hall–Kier alpha value is -2.14. The average molecular weight is 315 g/mol. The topological polar surface area (TPSA) is 64.6 Å². The molecule has 1 atom stereocenters. The van der Waals surface area contributed by atoms with Gasteiger partial charge in [0.1, 0.15) is 6.61 Å². The molecule has 5 heteroatoms. The molecule has 0 spiro atoms. The number of Topliss-reactive ketones (excluding diaryl/α,β-unsaturated/α-hetero) is 1. The predicted octanol–water partition coefficient (Wildman–Crippen LogP) is 2.41. The molecule has 3 rings (SSSR count). The quantitative estimate of drug-likeness (QED) is 0.864. The van der Waals surface area contributed by atoms with Crippen molar-refractivity contribution in [2.45, 2.75) is 39.5 Å². The number of hydrogen-bond acceptors (Lipinski definition) is 5. The van der Waals surface area contributed by atoms with Crippen LogP contribution < -0.4 is 5.32 Å². The minimum atomic E-state index is -0.829. The van der Waals surface area contributed by atoms with Gasteiger partial charge in [-0.1, -0.05) is 38.1 Å². The highest BCUT2D eigenvalue weighted by molar-refractivity contribution is 6.23. The Balaban J connectivity index is 1.91. The number of benzene rings is 1. The maximum Gasteiger partial charge on any atom is 0.311 e. The lowest BCUT2D eigenvalue weighted by Gasteiger charge is -2.33. The molecule has 0 saturated carbocycles. The number of hydrogen-bond donors (Lipinski definition) is 1. The number of esters is 1. The summed E-state index contributed by atoms with van der Waals surface area (Å²) in [5.41, 5.74) is 3.12. The third kappa shape index (κ3) is 2.88. The van der Waals surface area contributed by atoms with Crippen LogP contribution in [0.3, 0.4) is 0 Å². The summed E-state index contributed by atoms with van der Waals surface area (Å²) < 4.78 is 11.0. The largest absolute Gasteiger partial charge is 0.429 e. The number of ether oxygens (including phenoxy) is 2. The van der Waals surface area contributed by atoms with Crippen LogP contribution in [0.15, 0.2) is 30.0 Å². The molecule has 23 heavy (non-hydrogen) atoms. The maximum atomic E-state index is 12.3. The number of nitrogens with one attached hydrogen (secondary N) is 1. The van der Waals surface area contributed by atoms with E-state index in [0.717, 1.165) is 24.0 Å². The molecule has 0 bridgehead atoms. The Morgan fingerprint density at radius 2 is 2.09 bits per heavy atom. The van der Waals surface area contributed by atoms with E-state index in [1.807, 2.05) is 38.1 Å². The standard InChI is InChI=1S/C18H21NO4/c1-3-11(4-2)17(21)23-18-16-15(14(20)10-22-18)13-8-6-5-7-12(13)9-19-16/h5-8,11,18-19H,3-4,9-10H2,1-2H3. The van der Waals surface area contributed by atoms with E-state index in [0.29, 0.717) is 17.8 Å². The van der Waals surface area contributed by atoms with Gasteiger partial charge in [-0.15, -0.1) is 0 Å². The molecule has 1 aromatic rings. The number of carbonyl (C=O) groups excluding carboxylic acids is 2. The number of rotatable bonds is 4. The van der Waals surface area contributed by atoms with Crippen molar-refractivity contribution in [3.8, 4) is 0 Å². The summed E-state index contributed by atoms with van der Waals surface area (Å²) >= 11 is 0. The second kappa shape index (κ2) is 6.54. The van der Waals surface area contributed by atoms with Crippen molar-refractivity contribution in [1.82, 2.24) is 5.32 Å². The maximum absolute atomic E-state index is 12.3. The lowest BCUT2D eigenvalue weighted by atomic mass is 9.90. The second-order valence-corrected chi connectivity index (χ2v) is 5.82. The van der Waals surface area contributed by atoms with Gasteiger partial charge in [-0.05, 0) is 24.0 Å². The molecule has 0 fully saturated rings. The summed E-state index contributed by atoms with van der Waals surface area (Å²) in [5.74, 6) is -0.507. The van der Waals surface area contributed by atoms with Crippen LogP contribution in [-0.2, 0) is 25.6 Å². The third-order valence-electron chi connectivity index (χ3n) is 4.45. The minimum Gasteiger partial charge on any atom is -0.429 e. The van der Waals surface area contributed by atoms with Crippen LogP contribution in [0.4, 0.5) is 0 Å². The highest BCUT2D eigenvalue weighted by Crippen LogP contribution is 2.33. The van der Waals surface area contributed by atoms with Gasteiger partial charge in [-0.3, -0.25) is 9.59 Å². The Bertz CT molecular complexity index is 661. The predicted molar refractivity (Wildman–Crippen MR) is 85.1 cm³/mol. The SMILES string of the molecule is CCC(CC)C(=O)OC1OCC(=O)C2=C1NCc1ccccc12. The van der Waals surface area contributed by atoms with Crippen molar-refractivity contribution in [1.29, 1.82) is 0 Å². The van der Waals surface area contributed by atoms with E-state index in [1.165, 1.54) is 0 Å². The summed E-state index contributed by atoms with van der Waals surface area (Å²) in [6.45, 7) is 4.43. The molecule has 1 N–H and O–H groups in total. The van der Waals surface area contributed by atoms with E-state index in [4.69, 9.17) is 9.47 Å². The molecule has 2 aliphatic rings. The van der Waals surface area contributed by atoms with Crippen LogP contribution in [0.1, 0.15) is 37.8 Å². The van der Waals surface area contributed by atoms with Crippen molar-refractivity contribution in [2.24, 2.45) is 5.92 Å². The van der Waals surface area contributed by atoms with Gasteiger partial charge in [0.15, 0.2) is 5.78 Å². The van der Waals surface area contributed by atoms with Gasteiger partial charge in [0, 0.05) is 6.54 Å². The fourth-order valence-electron chi connectivity index (χ4n) is 3.07. The molecule has 5 nitrogen and oxygen atoms in total. The van der Waals surface area contributed by atoms with Gasteiger partial charge in [0.05, 0.1) is 17.2 Å². The molecular formula is C18H21NO4. The zero-order valence-electron chi connectivity index (χ0n) is 13.4. The number of fused-ring (bicyclic) bond motifs is 2. The normalized spacial score (nSPS) is 20.0. The van der Waals surface area contributed by atoms with E-state index in [9.17, 15) is 9.59 Å². The van der Waals surface area contributed by atoms with Crippen molar-refractivity contribution >= 4 is 17.3 Å². The van der Waals surface area contributed by atoms with Crippen LogP contribution in [0.25, 0.3) is 5.57 Å². The first-order valence-electron chi connectivity index (χ1n) is 8.07. The molecule has 122 valence electrons. The van der Waals surface area contributed by atoms with Crippen LogP contribution in [0, 0.1) is 5.92 Å². The Morgan fingerprint density at radius 1 is 1.35 bits per heavy atom. The van der Waals surface area contributed by atoms with Crippen LogP contribution in [-0.4, -0.2) is 24.6 Å². The van der Waals surface area contributed by atoms with Crippen LogP contribution in [0.5, 0.6) is 0 Å². The van der Waals surface area contributed by atoms with Crippen molar-refractivity contribution in [3.63, 3.8) is 0 Å². The molecule has 0 saturated heterocycles. The van der Waals surface area contributed by atoms with Gasteiger partial charge in [0.2, 0.25) is 6.29 Å². The highest BCUT2D eigenvalue weighted by Gasteiger charge is 2.36. The van der Waals surface area contributed by atoms with Crippen molar-refractivity contribution in [2.75, 3.05) is 6.61 Å². The van der Waals surface area contributed by atoms with Gasteiger partial charge >= 0.3 is 5.97 Å². The zero-order valence-corrected chi connectivity index (χ0v) is 13.4. The fraction of sp³-hybridized carbons (Fsp3) is 0.444. The molecule has 0 aliphatic carbocycles. The van der Waals surface area contributed by atoms with Crippen LogP contribution >= 0.6 is 0 Å². The van der Waals surface area contributed by atoms with E-state index >= 15 is 0 Å². The molecule has 0 radical (unpaired) electrons. The Kier molecular flexibility index (Phi) is 4.48. The third-order valence-corrected chi connectivity index (χ3v) is 4.45. The monoisotopic (exact) mass is 315 g/mol. The molecule has 0 aromatic heterocycles. The van der Waals surface area contributed by atoms with E-state index in [-0.39, 0.29) is 24.3 Å². The Morgan fingerprint density at radius 3 is 2.83 bits per heavy atom. The zero-order chi connectivity index (χ0) is 16.4. The molecule has 2 aliphatic heterocycles. The Labute approximate surface area is 135 Å². The van der Waals surface area contributed by atoms with E-state index in [1.54, 1.807) is 0 Å². The summed E-state index contributed by atoms with van der Waals surface area (Å²) in [7, 11) is 0. The fourth-order valence-corrected chi connectivity index (χ4v) is 3.07. The minimum absolute atomic E-state index is 0.0737.